The summed E-state index contributed by atoms with van der Waals surface area (Å²) >= 11 is 0. The van der Waals surface area contributed by atoms with Crippen LogP contribution in [0.3, 0.4) is 0 Å². The van der Waals surface area contributed by atoms with Crippen molar-refractivity contribution in [2.75, 3.05) is 32.1 Å². The summed E-state index contributed by atoms with van der Waals surface area (Å²) in [5.41, 5.74) is 1.43. The molecule has 2 aromatic carbocycles. The number of anilines is 1. The van der Waals surface area contributed by atoms with Crippen LogP contribution in [-0.2, 0) is 4.79 Å². The molecule has 0 unspecified atom stereocenters. The number of hydrogen-bond donors (Lipinski definition) is 3. The maximum absolute atomic E-state index is 12.2. The molecule has 28 heavy (non-hydrogen) atoms. The number of nitrogens with one attached hydrogen (secondary N) is 2. The minimum absolute atomic E-state index is 0.0606. The Labute approximate surface area is 165 Å². The Bertz CT molecular complexity index is 829. The molecule has 3 rings (SSSR count). The van der Waals surface area contributed by atoms with Crippen LogP contribution in [0.25, 0.3) is 6.08 Å². The van der Waals surface area contributed by atoms with E-state index in [9.17, 15) is 9.90 Å². The third-order valence-corrected chi connectivity index (χ3v) is 4.68. The van der Waals surface area contributed by atoms with E-state index in [1.807, 2.05) is 24.3 Å². The number of aromatic hydroxyl groups is 1. The first kappa shape index (κ1) is 19.8. The monoisotopic (exact) mass is 382 g/mol. The Morgan fingerprint density at radius 3 is 2.86 bits per heavy atom. The van der Waals surface area contributed by atoms with Crippen molar-refractivity contribution in [2.45, 2.75) is 12.8 Å². The van der Waals surface area contributed by atoms with Gasteiger partial charge in [0.05, 0.1) is 13.7 Å². The van der Waals surface area contributed by atoms with Gasteiger partial charge >= 0.3 is 0 Å². The summed E-state index contributed by atoms with van der Waals surface area (Å²) in [5, 5.41) is 15.8. The number of methoxy groups -OCH3 is 1. The molecule has 1 aliphatic heterocycles. The molecule has 0 bridgehead atoms. The lowest BCUT2D eigenvalue weighted by Crippen LogP contribution is -2.30. The average molecular weight is 382 g/mol. The topological polar surface area (TPSA) is 79.8 Å². The highest BCUT2D eigenvalue weighted by Gasteiger charge is 2.13. The summed E-state index contributed by atoms with van der Waals surface area (Å²) in [7, 11) is 1.48. The number of ether oxygens (including phenoxy) is 2. The van der Waals surface area contributed by atoms with Gasteiger partial charge in [0.1, 0.15) is 5.75 Å². The molecule has 3 N–H and O–H groups in total. The van der Waals surface area contributed by atoms with Gasteiger partial charge in [-0.1, -0.05) is 12.1 Å². The van der Waals surface area contributed by atoms with E-state index in [2.05, 4.69) is 10.6 Å². The number of carbonyl (C=O) groups excluding carboxylic acids is 1. The van der Waals surface area contributed by atoms with Crippen LogP contribution in [-0.4, -0.2) is 37.8 Å². The van der Waals surface area contributed by atoms with Crippen LogP contribution >= 0.6 is 0 Å². The van der Waals surface area contributed by atoms with E-state index in [1.165, 1.54) is 19.3 Å². The molecule has 0 atom stereocenters. The van der Waals surface area contributed by atoms with E-state index in [0.717, 1.165) is 37.2 Å². The SMILES string of the molecule is COc1cc(/C=C/C(=O)Nc2cccc(OCC3CCNCC3)c2)ccc1O. The Kier molecular flexibility index (Phi) is 6.92. The predicted molar refractivity (Wildman–Crippen MR) is 110 cm³/mol. The number of phenols is 1. The molecule has 2 aromatic rings. The van der Waals surface area contributed by atoms with E-state index in [-0.39, 0.29) is 11.7 Å². The second-order valence-corrected chi connectivity index (χ2v) is 6.79. The molecule has 1 heterocycles. The normalized spacial score (nSPS) is 14.8. The summed E-state index contributed by atoms with van der Waals surface area (Å²) in [6.07, 6.45) is 5.36. The van der Waals surface area contributed by atoms with Crippen molar-refractivity contribution >= 4 is 17.7 Å². The molecule has 0 aliphatic carbocycles. The second kappa shape index (κ2) is 9.80. The summed E-state index contributed by atoms with van der Waals surface area (Å²) in [6.45, 7) is 2.79. The van der Waals surface area contributed by atoms with Gasteiger partial charge in [-0.3, -0.25) is 4.79 Å². The molecule has 1 saturated heterocycles. The molecule has 0 aromatic heterocycles. The first-order valence-electron chi connectivity index (χ1n) is 9.43. The van der Waals surface area contributed by atoms with Crippen molar-refractivity contribution in [3.05, 3.63) is 54.1 Å². The van der Waals surface area contributed by atoms with Crippen LogP contribution in [0.5, 0.6) is 17.2 Å². The van der Waals surface area contributed by atoms with E-state index in [0.29, 0.717) is 24.0 Å². The molecule has 1 aliphatic rings. The number of benzene rings is 2. The smallest absolute Gasteiger partial charge is 0.248 e. The van der Waals surface area contributed by atoms with Crippen LogP contribution in [0.1, 0.15) is 18.4 Å². The van der Waals surface area contributed by atoms with Crippen molar-refractivity contribution < 1.29 is 19.4 Å². The number of carbonyl (C=O) groups is 1. The fourth-order valence-corrected chi connectivity index (χ4v) is 3.08. The lowest BCUT2D eigenvalue weighted by atomic mass is 9.99. The summed E-state index contributed by atoms with van der Waals surface area (Å²) in [4.78, 5) is 12.2. The highest BCUT2D eigenvalue weighted by molar-refractivity contribution is 6.02. The molecule has 148 valence electrons. The van der Waals surface area contributed by atoms with E-state index < -0.39 is 0 Å². The van der Waals surface area contributed by atoms with Crippen molar-refractivity contribution in [1.29, 1.82) is 0 Å². The fraction of sp³-hybridized carbons (Fsp3) is 0.318. The molecular formula is C22H26N2O4. The van der Waals surface area contributed by atoms with Crippen molar-refractivity contribution in [2.24, 2.45) is 5.92 Å². The molecule has 0 spiro atoms. The number of hydrogen-bond acceptors (Lipinski definition) is 5. The van der Waals surface area contributed by atoms with Gasteiger partial charge in [0.2, 0.25) is 5.91 Å². The Morgan fingerprint density at radius 2 is 2.07 bits per heavy atom. The minimum Gasteiger partial charge on any atom is -0.504 e. The second-order valence-electron chi connectivity index (χ2n) is 6.79. The van der Waals surface area contributed by atoms with Gasteiger partial charge < -0.3 is 25.2 Å². The van der Waals surface area contributed by atoms with Gasteiger partial charge in [-0.25, -0.2) is 0 Å². The third-order valence-electron chi connectivity index (χ3n) is 4.68. The van der Waals surface area contributed by atoms with Crippen LogP contribution < -0.4 is 20.1 Å². The highest BCUT2D eigenvalue weighted by Crippen LogP contribution is 2.26. The third kappa shape index (κ3) is 5.76. The first-order chi connectivity index (χ1) is 13.6. The predicted octanol–water partition coefficient (Wildman–Crippen LogP) is 3.43. The Morgan fingerprint density at radius 1 is 1.25 bits per heavy atom. The maximum atomic E-state index is 12.2. The Balaban J connectivity index is 1.54. The summed E-state index contributed by atoms with van der Waals surface area (Å²) in [5.74, 6) is 1.50. The zero-order valence-corrected chi connectivity index (χ0v) is 16.0. The van der Waals surface area contributed by atoms with Crippen molar-refractivity contribution in [3.8, 4) is 17.2 Å². The largest absolute Gasteiger partial charge is 0.504 e. The van der Waals surface area contributed by atoms with E-state index >= 15 is 0 Å². The van der Waals surface area contributed by atoms with Crippen LogP contribution in [0.2, 0.25) is 0 Å². The zero-order chi connectivity index (χ0) is 19.8. The van der Waals surface area contributed by atoms with Crippen molar-refractivity contribution in [3.63, 3.8) is 0 Å². The highest BCUT2D eigenvalue weighted by atomic mass is 16.5. The lowest BCUT2D eigenvalue weighted by molar-refractivity contribution is -0.111. The zero-order valence-electron chi connectivity index (χ0n) is 16.0. The Hall–Kier alpha value is -2.99. The van der Waals surface area contributed by atoms with Gasteiger partial charge in [-0.05, 0) is 67.8 Å². The number of amides is 1. The quantitative estimate of drug-likeness (QED) is 0.640. The summed E-state index contributed by atoms with van der Waals surface area (Å²) < 4.78 is 11.0. The summed E-state index contributed by atoms with van der Waals surface area (Å²) in [6, 6.07) is 12.3. The van der Waals surface area contributed by atoms with Gasteiger partial charge in [0.25, 0.3) is 0 Å². The van der Waals surface area contributed by atoms with Crippen molar-refractivity contribution in [1.82, 2.24) is 5.32 Å². The molecule has 1 fully saturated rings. The molecular weight excluding hydrogens is 356 g/mol. The van der Waals surface area contributed by atoms with Crippen LogP contribution in [0.15, 0.2) is 48.5 Å². The van der Waals surface area contributed by atoms with Crippen LogP contribution in [0.4, 0.5) is 5.69 Å². The van der Waals surface area contributed by atoms with E-state index in [4.69, 9.17) is 9.47 Å². The fourth-order valence-electron chi connectivity index (χ4n) is 3.08. The number of rotatable bonds is 7. The van der Waals surface area contributed by atoms with Gasteiger partial charge in [0.15, 0.2) is 11.5 Å². The van der Waals surface area contributed by atoms with Crippen LogP contribution in [0, 0.1) is 5.92 Å². The average Bonchev–Trinajstić information content (AvgIpc) is 2.73. The van der Waals surface area contributed by atoms with Gasteiger partial charge in [0, 0.05) is 17.8 Å². The van der Waals surface area contributed by atoms with Gasteiger partial charge in [-0.15, -0.1) is 0 Å². The molecule has 0 saturated carbocycles. The standard InChI is InChI=1S/C22H26N2O4/c1-27-21-13-16(5-7-20(21)25)6-8-22(26)24-18-3-2-4-19(14-18)28-15-17-9-11-23-12-10-17/h2-8,13-14,17,23,25H,9-12,15H2,1H3,(H,24,26)/b8-6+. The molecule has 0 radical (unpaired) electrons. The number of piperidine rings is 1. The maximum Gasteiger partial charge on any atom is 0.248 e. The molecule has 1 amide bonds. The van der Waals surface area contributed by atoms with E-state index in [1.54, 1.807) is 18.2 Å². The number of phenolic OH excluding ortho intramolecular Hbond substituents is 1. The first-order valence-corrected chi connectivity index (χ1v) is 9.43. The lowest BCUT2D eigenvalue weighted by Gasteiger charge is -2.22. The minimum atomic E-state index is -0.248. The molecule has 6 nitrogen and oxygen atoms in total. The van der Waals surface area contributed by atoms with Gasteiger partial charge in [-0.2, -0.15) is 0 Å². The molecule has 6 heteroatoms.